The molecule has 4 aromatic rings. The summed E-state index contributed by atoms with van der Waals surface area (Å²) in [6.45, 7) is 5.05. The number of hydrogen-bond acceptors (Lipinski definition) is 3. The van der Waals surface area contributed by atoms with E-state index in [4.69, 9.17) is 4.74 Å². The van der Waals surface area contributed by atoms with E-state index in [-0.39, 0.29) is 5.97 Å². The number of ether oxygens (including phenoxy) is 1. The highest BCUT2D eigenvalue weighted by atomic mass is 16.5. The Kier molecular flexibility index (Phi) is 5.57. The second-order valence-corrected chi connectivity index (χ2v) is 7.78. The molecule has 3 aromatic carbocycles. The Morgan fingerprint density at radius 1 is 1.00 bits per heavy atom. The molecule has 0 aliphatic carbocycles. The van der Waals surface area contributed by atoms with Crippen LogP contribution in [0.1, 0.15) is 41.3 Å². The fraction of sp³-hybridized carbons (Fsp3) is 0.192. The summed E-state index contributed by atoms with van der Waals surface area (Å²) in [5, 5.41) is 4.54. The maximum absolute atomic E-state index is 12.3. The quantitative estimate of drug-likeness (QED) is 0.385. The molecule has 0 aliphatic rings. The van der Waals surface area contributed by atoms with E-state index in [2.05, 4.69) is 72.4 Å². The molecule has 4 nitrogen and oxygen atoms in total. The number of anilines is 2. The number of carbonyl (C=O) groups is 1. The molecule has 0 saturated heterocycles. The van der Waals surface area contributed by atoms with Crippen LogP contribution in [-0.4, -0.2) is 17.6 Å². The molecule has 0 saturated carbocycles. The lowest BCUT2D eigenvalue weighted by atomic mass is 9.99. The largest absolute Gasteiger partial charge is 0.465 e. The van der Waals surface area contributed by atoms with Gasteiger partial charge in [-0.3, -0.25) is 0 Å². The third-order valence-electron chi connectivity index (χ3n) is 5.36. The normalized spacial score (nSPS) is 11.1. The van der Waals surface area contributed by atoms with Gasteiger partial charge in [0.1, 0.15) is 0 Å². The second-order valence-electron chi connectivity index (χ2n) is 7.78. The second kappa shape index (κ2) is 8.46. The fourth-order valence-corrected chi connectivity index (χ4v) is 3.66. The standard InChI is InChI=1S/C26H26N2O2/c1-18(2)20-9-11-24(23(16-20)26(29)30-3)27-22-10-12-25-21(15-22)13-14-28(25)17-19-7-5-4-6-8-19/h4-16,18,27H,17H2,1-3H3. The van der Waals surface area contributed by atoms with Crippen molar-refractivity contribution in [2.45, 2.75) is 26.3 Å². The third kappa shape index (κ3) is 4.08. The van der Waals surface area contributed by atoms with Gasteiger partial charge < -0.3 is 14.6 Å². The van der Waals surface area contributed by atoms with Gasteiger partial charge >= 0.3 is 5.97 Å². The Morgan fingerprint density at radius 2 is 1.80 bits per heavy atom. The Labute approximate surface area is 177 Å². The van der Waals surface area contributed by atoms with E-state index in [1.165, 1.54) is 18.2 Å². The number of fused-ring (bicyclic) bond motifs is 1. The van der Waals surface area contributed by atoms with E-state index in [0.29, 0.717) is 11.5 Å². The van der Waals surface area contributed by atoms with E-state index >= 15 is 0 Å². The van der Waals surface area contributed by atoms with Crippen LogP contribution in [0.15, 0.2) is 79.0 Å². The van der Waals surface area contributed by atoms with Crippen LogP contribution >= 0.6 is 0 Å². The summed E-state index contributed by atoms with van der Waals surface area (Å²) in [4.78, 5) is 12.3. The highest BCUT2D eigenvalue weighted by Gasteiger charge is 2.15. The molecule has 0 radical (unpaired) electrons. The van der Waals surface area contributed by atoms with Crippen molar-refractivity contribution in [3.8, 4) is 0 Å². The highest BCUT2D eigenvalue weighted by molar-refractivity contribution is 5.97. The zero-order valence-electron chi connectivity index (χ0n) is 17.6. The molecule has 4 heteroatoms. The van der Waals surface area contributed by atoms with Gasteiger partial charge in [0.25, 0.3) is 0 Å². The number of methoxy groups -OCH3 is 1. The van der Waals surface area contributed by atoms with E-state index in [0.717, 1.165) is 28.9 Å². The monoisotopic (exact) mass is 398 g/mol. The summed E-state index contributed by atoms with van der Waals surface area (Å²) in [7, 11) is 1.41. The van der Waals surface area contributed by atoms with Crippen LogP contribution < -0.4 is 5.32 Å². The first-order valence-corrected chi connectivity index (χ1v) is 10.2. The molecule has 1 aromatic heterocycles. The minimum atomic E-state index is -0.338. The van der Waals surface area contributed by atoms with Crippen LogP contribution in [0, 0.1) is 0 Å². The first kappa shape index (κ1) is 19.8. The molecule has 152 valence electrons. The molecular weight excluding hydrogens is 372 g/mol. The van der Waals surface area contributed by atoms with Crippen LogP contribution in [-0.2, 0) is 11.3 Å². The smallest absolute Gasteiger partial charge is 0.339 e. The zero-order valence-corrected chi connectivity index (χ0v) is 17.6. The number of hydrogen-bond donors (Lipinski definition) is 1. The van der Waals surface area contributed by atoms with Gasteiger partial charge in [-0.05, 0) is 53.4 Å². The lowest BCUT2D eigenvalue weighted by Gasteiger charge is -2.14. The molecule has 1 N–H and O–H groups in total. The van der Waals surface area contributed by atoms with Crippen LogP contribution in [0.4, 0.5) is 11.4 Å². The minimum Gasteiger partial charge on any atom is -0.465 e. The number of aromatic nitrogens is 1. The van der Waals surface area contributed by atoms with Gasteiger partial charge in [0.15, 0.2) is 0 Å². The highest BCUT2D eigenvalue weighted by Crippen LogP contribution is 2.28. The molecule has 0 aliphatic heterocycles. The summed E-state index contributed by atoms with van der Waals surface area (Å²) in [5.41, 5.74) is 5.77. The lowest BCUT2D eigenvalue weighted by molar-refractivity contribution is 0.0602. The van der Waals surface area contributed by atoms with Crippen LogP contribution in [0.5, 0.6) is 0 Å². The average Bonchev–Trinajstić information content (AvgIpc) is 3.16. The number of rotatable bonds is 6. The number of esters is 1. The Bertz CT molecular complexity index is 1180. The molecule has 0 unspecified atom stereocenters. The van der Waals surface area contributed by atoms with E-state index < -0.39 is 0 Å². The Morgan fingerprint density at radius 3 is 2.53 bits per heavy atom. The van der Waals surface area contributed by atoms with E-state index in [1.807, 2.05) is 30.3 Å². The lowest BCUT2D eigenvalue weighted by Crippen LogP contribution is -2.07. The van der Waals surface area contributed by atoms with Gasteiger partial charge in [-0.1, -0.05) is 50.2 Å². The predicted molar refractivity (Wildman–Crippen MR) is 123 cm³/mol. The van der Waals surface area contributed by atoms with Crippen LogP contribution in [0.2, 0.25) is 0 Å². The molecule has 0 fully saturated rings. The maximum Gasteiger partial charge on any atom is 0.339 e. The first-order chi connectivity index (χ1) is 14.5. The average molecular weight is 399 g/mol. The summed E-state index contributed by atoms with van der Waals surface area (Å²) < 4.78 is 7.24. The van der Waals surface area contributed by atoms with Gasteiger partial charge in [-0.15, -0.1) is 0 Å². The molecule has 30 heavy (non-hydrogen) atoms. The number of nitrogens with zero attached hydrogens (tertiary/aromatic N) is 1. The van der Waals surface area contributed by atoms with Crippen molar-refractivity contribution in [1.82, 2.24) is 4.57 Å². The first-order valence-electron chi connectivity index (χ1n) is 10.2. The van der Waals surface area contributed by atoms with E-state index in [1.54, 1.807) is 0 Å². The van der Waals surface area contributed by atoms with Crippen molar-refractivity contribution in [1.29, 1.82) is 0 Å². The van der Waals surface area contributed by atoms with Crippen molar-refractivity contribution in [3.05, 3.63) is 95.7 Å². The third-order valence-corrected chi connectivity index (χ3v) is 5.36. The number of nitrogens with one attached hydrogen (secondary N) is 1. The van der Waals surface area contributed by atoms with Gasteiger partial charge in [0.05, 0.1) is 18.4 Å². The van der Waals surface area contributed by atoms with Gasteiger partial charge in [0.2, 0.25) is 0 Å². The van der Waals surface area contributed by atoms with Crippen molar-refractivity contribution in [2.24, 2.45) is 0 Å². The maximum atomic E-state index is 12.3. The fourth-order valence-electron chi connectivity index (χ4n) is 3.66. The number of carbonyl (C=O) groups excluding carboxylic acids is 1. The zero-order chi connectivity index (χ0) is 21.1. The van der Waals surface area contributed by atoms with Crippen LogP contribution in [0.3, 0.4) is 0 Å². The summed E-state index contributed by atoms with van der Waals surface area (Å²) >= 11 is 0. The predicted octanol–water partition coefficient (Wildman–Crippen LogP) is 6.34. The minimum absolute atomic E-state index is 0.336. The Balaban J connectivity index is 1.62. The number of benzene rings is 3. The van der Waals surface area contributed by atoms with E-state index in [9.17, 15) is 4.79 Å². The Hall–Kier alpha value is -3.53. The summed E-state index contributed by atoms with van der Waals surface area (Å²) in [5.74, 6) is -0.00159. The van der Waals surface area contributed by atoms with Crippen molar-refractivity contribution in [2.75, 3.05) is 12.4 Å². The van der Waals surface area contributed by atoms with Crippen molar-refractivity contribution < 1.29 is 9.53 Å². The molecule has 0 bridgehead atoms. The summed E-state index contributed by atoms with van der Waals surface area (Å²) in [6, 6.07) is 24.7. The van der Waals surface area contributed by atoms with Crippen LogP contribution in [0.25, 0.3) is 10.9 Å². The molecular formula is C26H26N2O2. The van der Waals surface area contributed by atoms with Crippen molar-refractivity contribution in [3.63, 3.8) is 0 Å². The molecule has 1 heterocycles. The molecule has 4 rings (SSSR count). The molecule has 0 amide bonds. The topological polar surface area (TPSA) is 43.3 Å². The van der Waals surface area contributed by atoms with Gasteiger partial charge in [0, 0.05) is 29.3 Å². The van der Waals surface area contributed by atoms with Crippen molar-refractivity contribution >= 4 is 28.2 Å². The molecule has 0 spiro atoms. The van der Waals surface area contributed by atoms with Gasteiger partial charge in [-0.25, -0.2) is 4.79 Å². The molecule has 0 atom stereocenters. The van der Waals surface area contributed by atoms with Gasteiger partial charge in [-0.2, -0.15) is 0 Å². The summed E-state index contributed by atoms with van der Waals surface area (Å²) in [6.07, 6.45) is 2.11. The SMILES string of the molecule is COC(=O)c1cc(C(C)C)ccc1Nc1ccc2c(ccn2Cc2ccccc2)c1.